The van der Waals surface area contributed by atoms with Crippen molar-refractivity contribution < 1.29 is 38.3 Å². The van der Waals surface area contributed by atoms with Crippen molar-refractivity contribution in [2.24, 2.45) is 0 Å². The molecular formula is C22H24O8. The van der Waals surface area contributed by atoms with E-state index in [1.807, 2.05) is 12.1 Å². The topological polar surface area (TPSA) is 92.7 Å². The SMILES string of the molecule is COc1ccc(C2OC[C@H]3O[C@H](OC)[C@H](OC(=O)c4ccccc4)[C@@H](O)[C@@H]3O2)cc1. The molecule has 2 aromatic carbocycles. The Balaban J connectivity index is 1.49. The molecule has 2 fully saturated rings. The summed E-state index contributed by atoms with van der Waals surface area (Å²) >= 11 is 0. The average Bonchev–Trinajstić information content (AvgIpc) is 2.81. The van der Waals surface area contributed by atoms with E-state index in [-0.39, 0.29) is 6.61 Å². The van der Waals surface area contributed by atoms with Crippen LogP contribution in [0.3, 0.4) is 0 Å². The van der Waals surface area contributed by atoms with Crippen LogP contribution in [0, 0.1) is 0 Å². The molecule has 8 nitrogen and oxygen atoms in total. The summed E-state index contributed by atoms with van der Waals surface area (Å²) in [5.41, 5.74) is 1.14. The molecule has 0 amide bonds. The molecule has 6 atom stereocenters. The first kappa shape index (κ1) is 20.8. The van der Waals surface area contributed by atoms with Crippen LogP contribution in [-0.4, -0.2) is 62.6 Å². The summed E-state index contributed by atoms with van der Waals surface area (Å²) < 4.78 is 33.6. The van der Waals surface area contributed by atoms with Gasteiger partial charge in [-0.1, -0.05) is 30.3 Å². The molecule has 0 spiro atoms. The molecule has 2 heterocycles. The van der Waals surface area contributed by atoms with Crippen molar-refractivity contribution in [1.82, 2.24) is 0 Å². The summed E-state index contributed by atoms with van der Waals surface area (Å²) in [5.74, 6) is 0.131. The smallest absolute Gasteiger partial charge is 0.338 e. The number of ether oxygens (including phenoxy) is 6. The maximum Gasteiger partial charge on any atom is 0.338 e. The summed E-state index contributed by atoms with van der Waals surface area (Å²) in [6.45, 7) is 0.192. The first-order chi connectivity index (χ1) is 14.6. The molecular weight excluding hydrogens is 392 g/mol. The van der Waals surface area contributed by atoms with Crippen molar-refractivity contribution in [3.8, 4) is 5.75 Å². The van der Waals surface area contributed by atoms with Crippen LogP contribution < -0.4 is 4.74 Å². The monoisotopic (exact) mass is 416 g/mol. The molecule has 2 aliphatic heterocycles. The van der Waals surface area contributed by atoms with Gasteiger partial charge in [-0.2, -0.15) is 0 Å². The Morgan fingerprint density at radius 3 is 2.43 bits per heavy atom. The van der Waals surface area contributed by atoms with Crippen molar-refractivity contribution in [2.45, 2.75) is 37.0 Å². The number of hydrogen-bond acceptors (Lipinski definition) is 8. The van der Waals surface area contributed by atoms with Crippen LogP contribution >= 0.6 is 0 Å². The highest BCUT2D eigenvalue weighted by molar-refractivity contribution is 5.89. The van der Waals surface area contributed by atoms with Crippen LogP contribution in [-0.2, 0) is 23.7 Å². The van der Waals surface area contributed by atoms with E-state index < -0.39 is 43.0 Å². The maximum absolute atomic E-state index is 12.5. The van der Waals surface area contributed by atoms with E-state index in [2.05, 4.69) is 0 Å². The van der Waals surface area contributed by atoms with Gasteiger partial charge < -0.3 is 33.5 Å². The Morgan fingerprint density at radius 1 is 1.03 bits per heavy atom. The predicted molar refractivity (Wildman–Crippen MR) is 104 cm³/mol. The minimum absolute atomic E-state index is 0.192. The predicted octanol–water partition coefficient (Wildman–Crippen LogP) is 2.07. The number of hydrogen-bond donors (Lipinski definition) is 1. The largest absolute Gasteiger partial charge is 0.497 e. The minimum Gasteiger partial charge on any atom is -0.497 e. The van der Waals surface area contributed by atoms with E-state index in [0.29, 0.717) is 11.3 Å². The molecule has 160 valence electrons. The lowest BCUT2D eigenvalue weighted by molar-refractivity contribution is -0.357. The van der Waals surface area contributed by atoms with Gasteiger partial charge in [0.05, 0.1) is 19.3 Å². The Hall–Kier alpha value is -2.49. The van der Waals surface area contributed by atoms with Gasteiger partial charge in [0, 0.05) is 12.7 Å². The third-order valence-electron chi connectivity index (χ3n) is 5.18. The summed E-state index contributed by atoms with van der Waals surface area (Å²) in [5, 5.41) is 11.0. The average molecular weight is 416 g/mol. The van der Waals surface area contributed by atoms with Crippen molar-refractivity contribution in [3.05, 3.63) is 65.7 Å². The molecule has 1 N–H and O–H groups in total. The highest BCUT2D eigenvalue weighted by Gasteiger charge is 2.51. The molecule has 2 aliphatic rings. The summed E-state index contributed by atoms with van der Waals surface area (Å²) in [4.78, 5) is 12.5. The second-order valence-corrected chi connectivity index (χ2v) is 7.04. The van der Waals surface area contributed by atoms with Gasteiger partial charge in [-0.3, -0.25) is 0 Å². The van der Waals surface area contributed by atoms with Crippen molar-refractivity contribution in [3.63, 3.8) is 0 Å². The van der Waals surface area contributed by atoms with E-state index in [4.69, 9.17) is 28.4 Å². The zero-order chi connectivity index (χ0) is 21.1. The molecule has 0 aromatic heterocycles. The number of carbonyl (C=O) groups is 1. The Morgan fingerprint density at radius 2 is 1.77 bits per heavy atom. The van der Waals surface area contributed by atoms with Gasteiger partial charge in [0.2, 0.25) is 0 Å². The molecule has 2 saturated heterocycles. The maximum atomic E-state index is 12.5. The quantitative estimate of drug-likeness (QED) is 0.741. The lowest BCUT2D eigenvalue weighted by Crippen LogP contribution is -2.63. The van der Waals surface area contributed by atoms with Crippen molar-refractivity contribution in [2.75, 3.05) is 20.8 Å². The van der Waals surface area contributed by atoms with Gasteiger partial charge in [-0.25, -0.2) is 4.79 Å². The standard InChI is InChI=1S/C22H24O8/c1-25-15-10-8-14(9-11-15)21-27-12-16-18(30-21)17(23)19(22(26-2)28-16)29-20(24)13-6-4-3-5-7-13/h3-11,16-19,21-23H,12H2,1-2H3/t16-,17+,18-,19-,21?,22+/m1/s1. The highest BCUT2D eigenvalue weighted by Crippen LogP contribution is 2.35. The van der Waals surface area contributed by atoms with Gasteiger partial charge in [0.25, 0.3) is 0 Å². The van der Waals surface area contributed by atoms with Gasteiger partial charge in [0.1, 0.15) is 24.1 Å². The fraction of sp³-hybridized carbons (Fsp3) is 0.409. The third kappa shape index (κ3) is 4.19. The number of esters is 1. The number of rotatable bonds is 5. The number of benzene rings is 2. The fourth-order valence-corrected chi connectivity index (χ4v) is 3.58. The summed E-state index contributed by atoms with van der Waals surface area (Å²) in [6.07, 6.45) is -5.18. The lowest BCUT2D eigenvalue weighted by Gasteiger charge is -2.46. The van der Waals surface area contributed by atoms with E-state index in [0.717, 1.165) is 5.56 Å². The van der Waals surface area contributed by atoms with Crippen LogP contribution in [0.5, 0.6) is 5.75 Å². The molecule has 4 rings (SSSR count). The fourth-order valence-electron chi connectivity index (χ4n) is 3.58. The van der Waals surface area contributed by atoms with Gasteiger partial charge in [-0.05, 0) is 24.3 Å². The van der Waals surface area contributed by atoms with E-state index in [1.165, 1.54) is 7.11 Å². The molecule has 2 aromatic rings. The Bertz CT molecular complexity index is 840. The first-order valence-corrected chi connectivity index (χ1v) is 9.64. The van der Waals surface area contributed by atoms with E-state index >= 15 is 0 Å². The van der Waals surface area contributed by atoms with Crippen LogP contribution in [0.15, 0.2) is 54.6 Å². The second kappa shape index (κ2) is 9.11. The number of aliphatic hydroxyl groups excluding tert-OH is 1. The molecule has 8 heteroatoms. The number of carbonyl (C=O) groups excluding carboxylic acids is 1. The molecule has 0 aliphatic carbocycles. The van der Waals surface area contributed by atoms with Crippen LogP contribution in [0.1, 0.15) is 22.2 Å². The zero-order valence-corrected chi connectivity index (χ0v) is 16.7. The molecule has 1 unspecified atom stereocenters. The third-order valence-corrected chi connectivity index (χ3v) is 5.18. The number of aliphatic hydroxyl groups is 1. The minimum atomic E-state index is -1.16. The normalized spacial score (nSPS) is 30.9. The van der Waals surface area contributed by atoms with E-state index in [9.17, 15) is 9.90 Å². The highest BCUT2D eigenvalue weighted by atomic mass is 16.8. The van der Waals surface area contributed by atoms with Crippen LogP contribution in [0.2, 0.25) is 0 Å². The molecule has 0 saturated carbocycles. The Labute approximate surface area is 174 Å². The summed E-state index contributed by atoms with van der Waals surface area (Å²) in [7, 11) is 3.01. The van der Waals surface area contributed by atoms with Crippen molar-refractivity contribution >= 4 is 5.97 Å². The van der Waals surface area contributed by atoms with Crippen LogP contribution in [0.25, 0.3) is 0 Å². The van der Waals surface area contributed by atoms with Crippen molar-refractivity contribution in [1.29, 1.82) is 0 Å². The van der Waals surface area contributed by atoms with Crippen LogP contribution in [0.4, 0.5) is 0 Å². The second-order valence-electron chi connectivity index (χ2n) is 7.04. The molecule has 0 radical (unpaired) electrons. The van der Waals surface area contributed by atoms with Gasteiger partial charge >= 0.3 is 5.97 Å². The molecule has 0 bridgehead atoms. The number of methoxy groups -OCH3 is 2. The zero-order valence-electron chi connectivity index (χ0n) is 16.7. The summed E-state index contributed by atoms with van der Waals surface area (Å²) in [6, 6.07) is 15.8. The Kier molecular flexibility index (Phi) is 6.31. The van der Waals surface area contributed by atoms with E-state index in [1.54, 1.807) is 49.6 Å². The van der Waals surface area contributed by atoms with Gasteiger partial charge in [0.15, 0.2) is 18.7 Å². The number of fused-ring (bicyclic) bond motifs is 1. The van der Waals surface area contributed by atoms with Gasteiger partial charge in [-0.15, -0.1) is 0 Å². The molecule has 30 heavy (non-hydrogen) atoms. The first-order valence-electron chi connectivity index (χ1n) is 9.64. The lowest BCUT2D eigenvalue weighted by atomic mass is 9.97.